The van der Waals surface area contributed by atoms with Gasteiger partial charge in [0.1, 0.15) is 0 Å². The zero-order chi connectivity index (χ0) is 19.5. The average Bonchev–Trinajstić information content (AvgIpc) is 2.53. The van der Waals surface area contributed by atoms with E-state index in [4.69, 9.17) is 17.3 Å². The molecule has 140 valence electrons. The SMILES string of the molecule is CC(=O)OOc1ccc(C(C)(N)CS(=O)(=O)c2ccc(Cl)cc2)cc1F. The van der Waals surface area contributed by atoms with E-state index in [1.54, 1.807) is 0 Å². The lowest BCUT2D eigenvalue weighted by Gasteiger charge is -2.25. The van der Waals surface area contributed by atoms with Crippen molar-refractivity contribution in [1.29, 1.82) is 0 Å². The topological polar surface area (TPSA) is 95.7 Å². The number of rotatable bonds is 6. The highest BCUT2D eigenvalue weighted by Gasteiger charge is 2.30. The Labute approximate surface area is 155 Å². The molecule has 9 heteroatoms. The van der Waals surface area contributed by atoms with Gasteiger partial charge in [0.2, 0.25) is 5.75 Å². The van der Waals surface area contributed by atoms with Gasteiger partial charge in [-0.2, -0.15) is 0 Å². The van der Waals surface area contributed by atoms with Crippen molar-refractivity contribution in [3.63, 3.8) is 0 Å². The number of carbonyl (C=O) groups is 1. The van der Waals surface area contributed by atoms with Crippen LogP contribution in [0.4, 0.5) is 4.39 Å². The van der Waals surface area contributed by atoms with E-state index in [0.29, 0.717) is 5.02 Å². The molecule has 26 heavy (non-hydrogen) atoms. The molecule has 2 aromatic carbocycles. The molecule has 2 rings (SSSR count). The minimum Gasteiger partial charge on any atom is -0.321 e. The summed E-state index contributed by atoms with van der Waals surface area (Å²) in [6.07, 6.45) is 0. The third-order valence-electron chi connectivity index (χ3n) is 3.50. The fourth-order valence-corrected chi connectivity index (χ4v) is 4.03. The second-order valence-corrected chi connectivity index (χ2v) is 8.36. The molecule has 1 unspecified atom stereocenters. The predicted octanol–water partition coefficient (Wildman–Crippen LogP) is 2.98. The number of carbonyl (C=O) groups excluding carboxylic acids is 1. The van der Waals surface area contributed by atoms with Crippen molar-refractivity contribution in [3.8, 4) is 5.75 Å². The molecule has 6 nitrogen and oxygen atoms in total. The second kappa shape index (κ2) is 7.61. The lowest BCUT2D eigenvalue weighted by Crippen LogP contribution is -2.40. The fraction of sp³-hybridized carbons (Fsp3) is 0.235. The van der Waals surface area contributed by atoms with Gasteiger partial charge >= 0.3 is 5.97 Å². The number of halogens is 2. The predicted molar refractivity (Wildman–Crippen MR) is 93.8 cm³/mol. The van der Waals surface area contributed by atoms with E-state index < -0.39 is 32.9 Å². The van der Waals surface area contributed by atoms with Gasteiger partial charge < -0.3 is 5.73 Å². The van der Waals surface area contributed by atoms with Crippen molar-refractivity contribution in [1.82, 2.24) is 0 Å². The van der Waals surface area contributed by atoms with E-state index in [2.05, 4.69) is 9.78 Å². The van der Waals surface area contributed by atoms with Crippen molar-refractivity contribution in [2.75, 3.05) is 5.75 Å². The molecule has 0 aliphatic heterocycles. The highest BCUT2D eigenvalue weighted by molar-refractivity contribution is 7.91. The van der Waals surface area contributed by atoms with Crippen LogP contribution in [0.5, 0.6) is 5.75 Å². The Morgan fingerprint density at radius 3 is 2.38 bits per heavy atom. The molecule has 0 amide bonds. The van der Waals surface area contributed by atoms with Crippen molar-refractivity contribution in [2.45, 2.75) is 24.3 Å². The van der Waals surface area contributed by atoms with Crippen LogP contribution in [0.3, 0.4) is 0 Å². The normalized spacial score (nSPS) is 13.7. The standard InChI is InChI=1S/C17H17ClFNO5S/c1-11(21)24-25-16-8-3-12(9-15(16)19)17(2,20)10-26(22,23)14-6-4-13(18)5-7-14/h3-9H,10,20H2,1-2H3. The van der Waals surface area contributed by atoms with Crippen molar-refractivity contribution < 1.29 is 27.4 Å². The molecule has 0 saturated heterocycles. The largest absolute Gasteiger partial charge is 0.352 e. The van der Waals surface area contributed by atoms with Crippen LogP contribution < -0.4 is 10.6 Å². The number of hydrogen-bond donors (Lipinski definition) is 1. The Bertz CT molecular complexity index is 913. The summed E-state index contributed by atoms with van der Waals surface area (Å²) in [5, 5.41) is 0.407. The van der Waals surface area contributed by atoms with Gasteiger partial charge in [-0.3, -0.25) is 9.78 Å². The van der Waals surface area contributed by atoms with E-state index in [0.717, 1.165) is 13.0 Å². The van der Waals surface area contributed by atoms with E-state index in [-0.39, 0.29) is 16.2 Å². The molecule has 0 radical (unpaired) electrons. The smallest absolute Gasteiger partial charge is 0.321 e. The van der Waals surface area contributed by atoms with E-state index in [1.807, 2.05) is 0 Å². The van der Waals surface area contributed by atoms with Crippen LogP contribution in [-0.2, 0) is 25.1 Å². The molecule has 0 spiro atoms. The van der Waals surface area contributed by atoms with E-state index in [9.17, 15) is 17.6 Å². The van der Waals surface area contributed by atoms with Gasteiger partial charge in [-0.05, 0) is 48.9 Å². The second-order valence-electron chi connectivity index (χ2n) is 5.93. The Balaban J connectivity index is 2.25. The Morgan fingerprint density at radius 1 is 1.23 bits per heavy atom. The Hall–Kier alpha value is -2.16. The van der Waals surface area contributed by atoms with Crippen molar-refractivity contribution in [2.24, 2.45) is 5.73 Å². The first-order valence-electron chi connectivity index (χ1n) is 7.43. The molecule has 1 atom stereocenters. The molecule has 0 fully saturated rings. The molecule has 2 N–H and O–H groups in total. The van der Waals surface area contributed by atoms with Crippen LogP contribution in [0.25, 0.3) is 0 Å². The first-order valence-corrected chi connectivity index (χ1v) is 9.46. The minimum atomic E-state index is -3.73. The summed E-state index contributed by atoms with van der Waals surface area (Å²) in [5.74, 6) is -2.36. The molecule has 0 aliphatic rings. The van der Waals surface area contributed by atoms with Crippen LogP contribution in [-0.4, -0.2) is 20.1 Å². The first-order chi connectivity index (χ1) is 12.0. The summed E-state index contributed by atoms with van der Waals surface area (Å²) >= 11 is 5.76. The van der Waals surface area contributed by atoms with Crippen molar-refractivity contribution in [3.05, 3.63) is 58.9 Å². The first kappa shape index (κ1) is 20.2. The average molecular weight is 402 g/mol. The lowest BCUT2D eigenvalue weighted by molar-refractivity contribution is -0.211. The van der Waals surface area contributed by atoms with Crippen LogP contribution in [0.1, 0.15) is 19.4 Å². The number of sulfone groups is 1. The van der Waals surface area contributed by atoms with Gasteiger partial charge in [-0.1, -0.05) is 17.7 Å². The van der Waals surface area contributed by atoms with Crippen molar-refractivity contribution >= 4 is 27.4 Å². The number of nitrogens with two attached hydrogens (primary N) is 1. The Morgan fingerprint density at radius 2 is 1.85 bits per heavy atom. The fourth-order valence-electron chi connectivity index (χ4n) is 2.23. The molecule has 0 heterocycles. The third kappa shape index (κ3) is 4.94. The monoisotopic (exact) mass is 401 g/mol. The van der Waals surface area contributed by atoms with Gasteiger partial charge in [0.25, 0.3) is 0 Å². The molecule has 0 aliphatic carbocycles. The van der Waals surface area contributed by atoms with Crippen LogP contribution in [0, 0.1) is 5.82 Å². The maximum atomic E-state index is 14.1. The molecule has 0 saturated carbocycles. The summed E-state index contributed by atoms with van der Waals surface area (Å²) in [6, 6.07) is 9.32. The number of hydrogen-bond acceptors (Lipinski definition) is 6. The molecular formula is C17H17ClFNO5S. The van der Waals surface area contributed by atoms with Crippen LogP contribution in [0.15, 0.2) is 47.4 Å². The summed E-state index contributed by atoms with van der Waals surface area (Å²) in [7, 11) is -3.73. The maximum absolute atomic E-state index is 14.1. The summed E-state index contributed by atoms with van der Waals surface area (Å²) in [4.78, 5) is 19.6. The molecular weight excluding hydrogens is 385 g/mol. The van der Waals surface area contributed by atoms with Gasteiger partial charge in [0.15, 0.2) is 15.7 Å². The molecule has 0 aromatic heterocycles. The lowest BCUT2D eigenvalue weighted by atomic mass is 9.95. The Kier molecular flexibility index (Phi) is 5.90. The number of benzene rings is 2. The quantitative estimate of drug-likeness (QED) is 0.590. The summed E-state index contributed by atoms with van der Waals surface area (Å²) in [5.41, 5.74) is 5.00. The van der Waals surface area contributed by atoms with Gasteiger partial charge in [0.05, 0.1) is 16.2 Å². The van der Waals surface area contributed by atoms with Gasteiger partial charge in [-0.15, -0.1) is 0 Å². The van der Waals surface area contributed by atoms with Crippen LogP contribution in [0.2, 0.25) is 5.02 Å². The zero-order valence-electron chi connectivity index (χ0n) is 14.0. The molecule has 2 aromatic rings. The summed E-state index contributed by atoms with van der Waals surface area (Å²) < 4.78 is 39.2. The van der Waals surface area contributed by atoms with Gasteiger partial charge in [-0.25, -0.2) is 17.6 Å². The summed E-state index contributed by atoms with van der Waals surface area (Å²) in [6.45, 7) is 2.58. The minimum absolute atomic E-state index is 0.0638. The van der Waals surface area contributed by atoms with Gasteiger partial charge in [0, 0.05) is 11.9 Å². The zero-order valence-corrected chi connectivity index (χ0v) is 15.6. The highest BCUT2D eigenvalue weighted by Crippen LogP contribution is 2.28. The third-order valence-corrected chi connectivity index (χ3v) is 5.72. The maximum Gasteiger partial charge on any atom is 0.352 e. The van der Waals surface area contributed by atoms with Crippen LogP contribution >= 0.6 is 11.6 Å². The highest BCUT2D eigenvalue weighted by atomic mass is 35.5. The van der Waals surface area contributed by atoms with E-state index in [1.165, 1.54) is 43.3 Å². The van der Waals surface area contributed by atoms with E-state index >= 15 is 0 Å². The molecule has 0 bridgehead atoms.